The van der Waals surface area contributed by atoms with Gasteiger partial charge in [0.2, 0.25) is 0 Å². The molecule has 0 amide bonds. The fourth-order valence-electron chi connectivity index (χ4n) is 5.55. The third-order valence-corrected chi connectivity index (χ3v) is 12.8. The monoisotopic (exact) mass is 521 g/mol. The van der Waals surface area contributed by atoms with E-state index in [0.717, 1.165) is 0 Å². The molecule has 4 rings (SSSR count). The minimum atomic E-state index is -2.73. The average molecular weight is 522 g/mol. The van der Waals surface area contributed by atoms with Crippen LogP contribution in [0.3, 0.4) is 0 Å². The van der Waals surface area contributed by atoms with Crippen molar-refractivity contribution in [2.24, 2.45) is 0 Å². The number of hydrogen-bond donors (Lipinski definition) is 1. The lowest BCUT2D eigenvalue weighted by molar-refractivity contribution is -0.0582. The zero-order chi connectivity index (χ0) is 27.0. The van der Waals surface area contributed by atoms with Crippen molar-refractivity contribution in [3.8, 4) is 0 Å². The summed E-state index contributed by atoms with van der Waals surface area (Å²) in [5, 5.41) is 2.28. The quantitative estimate of drug-likeness (QED) is 0.484. The van der Waals surface area contributed by atoms with E-state index in [-0.39, 0.29) is 16.7 Å². The minimum Gasteiger partial charge on any atom is -0.405 e. The van der Waals surface area contributed by atoms with Crippen LogP contribution < -0.4 is 21.6 Å². The van der Waals surface area contributed by atoms with E-state index in [1.807, 2.05) is 26.2 Å². The molecule has 0 spiro atoms. The van der Waals surface area contributed by atoms with Crippen molar-refractivity contribution in [2.45, 2.75) is 63.9 Å². The van der Waals surface area contributed by atoms with Gasteiger partial charge in [-0.05, 0) is 49.8 Å². The second kappa shape index (κ2) is 10.2. The molecular weight excluding hydrogens is 482 g/mol. The Kier molecular flexibility index (Phi) is 7.49. The molecule has 1 aliphatic rings. The van der Waals surface area contributed by atoms with Crippen LogP contribution in [0.15, 0.2) is 76.4 Å². The van der Waals surface area contributed by atoms with Gasteiger partial charge in [0.15, 0.2) is 6.23 Å². The lowest BCUT2D eigenvalue weighted by Gasteiger charge is -2.43. The summed E-state index contributed by atoms with van der Waals surface area (Å²) in [4.78, 5) is 29.3. The Labute approximate surface area is 220 Å². The summed E-state index contributed by atoms with van der Waals surface area (Å²) >= 11 is 0. The molecule has 0 aliphatic carbocycles. The summed E-state index contributed by atoms with van der Waals surface area (Å²) in [5.41, 5.74) is -0.857. The first-order valence-corrected chi connectivity index (χ1v) is 14.7. The van der Waals surface area contributed by atoms with Crippen molar-refractivity contribution in [1.29, 1.82) is 0 Å². The van der Waals surface area contributed by atoms with Crippen LogP contribution in [0.5, 0.6) is 0 Å². The summed E-state index contributed by atoms with van der Waals surface area (Å²) in [6.45, 7) is 10.9. The zero-order valence-electron chi connectivity index (χ0n) is 22.9. The van der Waals surface area contributed by atoms with Gasteiger partial charge >= 0.3 is 5.69 Å². The molecule has 8 heteroatoms. The number of H-pyrrole nitrogens is 1. The predicted octanol–water partition coefficient (Wildman–Crippen LogP) is 3.03. The molecule has 0 unspecified atom stereocenters. The Morgan fingerprint density at radius 3 is 2.08 bits per heavy atom. The predicted molar refractivity (Wildman–Crippen MR) is 150 cm³/mol. The lowest BCUT2D eigenvalue weighted by Crippen LogP contribution is -2.67. The maximum atomic E-state index is 12.8. The Balaban J connectivity index is 1.73. The average Bonchev–Trinajstić information content (AvgIpc) is 3.20. The Morgan fingerprint density at radius 1 is 1.05 bits per heavy atom. The second-order valence-corrected chi connectivity index (χ2v) is 15.8. The van der Waals surface area contributed by atoms with Gasteiger partial charge in [0, 0.05) is 11.8 Å². The second-order valence-electron chi connectivity index (χ2n) is 11.5. The molecule has 3 atom stereocenters. The number of aryl methyl sites for hydroxylation is 1. The van der Waals surface area contributed by atoms with Gasteiger partial charge in [-0.2, -0.15) is 0 Å². The Bertz CT molecular complexity index is 1290. The van der Waals surface area contributed by atoms with E-state index in [1.165, 1.54) is 14.9 Å². The molecule has 1 fully saturated rings. The SMILES string of the molecule is Cc1cn([C@@H]2O[C@H](CO[Si](c3ccccc3)(c3ccccc3)C(C)(C)C)C[C@@]2(C)N(C)C)c(=O)[nH]c1=O. The largest absolute Gasteiger partial charge is 0.405 e. The molecule has 0 saturated carbocycles. The van der Waals surface area contributed by atoms with E-state index in [0.29, 0.717) is 18.6 Å². The first-order chi connectivity index (χ1) is 17.4. The summed E-state index contributed by atoms with van der Waals surface area (Å²) in [7, 11) is 1.25. The molecular formula is C29H39N3O4Si. The van der Waals surface area contributed by atoms with E-state index in [4.69, 9.17) is 9.16 Å². The van der Waals surface area contributed by atoms with Crippen LogP contribution in [0.2, 0.25) is 5.04 Å². The van der Waals surface area contributed by atoms with E-state index in [9.17, 15) is 9.59 Å². The van der Waals surface area contributed by atoms with Crippen molar-refractivity contribution in [1.82, 2.24) is 14.5 Å². The normalized spacial score (nSPS) is 22.5. The van der Waals surface area contributed by atoms with Gasteiger partial charge in [0.25, 0.3) is 13.9 Å². The molecule has 37 heavy (non-hydrogen) atoms. The van der Waals surface area contributed by atoms with E-state index in [1.54, 1.807) is 13.1 Å². The smallest absolute Gasteiger partial charge is 0.330 e. The molecule has 0 bridgehead atoms. The molecule has 198 valence electrons. The first kappa shape index (κ1) is 27.3. The molecule has 1 N–H and O–H groups in total. The third kappa shape index (κ3) is 4.91. The molecule has 2 heterocycles. The molecule has 1 saturated heterocycles. The number of nitrogens with zero attached hydrogens (tertiary/aromatic N) is 2. The van der Waals surface area contributed by atoms with E-state index in [2.05, 4.69) is 86.1 Å². The highest BCUT2D eigenvalue weighted by Crippen LogP contribution is 2.42. The lowest BCUT2D eigenvalue weighted by atomic mass is 9.94. The number of nitrogens with one attached hydrogen (secondary N) is 1. The Hall–Kier alpha value is -2.78. The standard InChI is InChI=1S/C29H39N3O4Si/c1-21-19-32(27(34)30-25(21)33)26-29(5,31(6)7)18-22(36-26)20-35-37(28(2,3)4,23-14-10-8-11-15-23)24-16-12-9-13-17-24/h8-17,19,22,26H,18,20H2,1-7H3,(H,30,33,34)/t22-,26+,29+/m0/s1. The van der Waals surface area contributed by atoms with Crippen LogP contribution in [0.4, 0.5) is 0 Å². The number of likely N-dealkylation sites (N-methyl/N-ethyl adjacent to an activating group) is 1. The van der Waals surface area contributed by atoms with Crippen molar-refractivity contribution in [3.05, 3.63) is 93.3 Å². The van der Waals surface area contributed by atoms with Gasteiger partial charge in [-0.15, -0.1) is 0 Å². The summed E-state index contributed by atoms with van der Waals surface area (Å²) < 4.78 is 15.2. The summed E-state index contributed by atoms with van der Waals surface area (Å²) in [6.07, 6.45) is 1.46. The topological polar surface area (TPSA) is 76.6 Å². The van der Waals surface area contributed by atoms with Crippen LogP contribution in [0, 0.1) is 6.92 Å². The van der Waals surface area contributed by atoms with Gasteiger partial charge in [0.05, 0.1) is 18.2 Å². The van der Waals surface area contributed by atoms with Crippen molar-refractivity contribution >= 4 is 18.7 Å². The fraction of sp³-hybridized carbons (Fsp3) is 0.448. The zero-order valence-corrected chi connectivity index (χ0v) is 23.9. The van der Waals surface area contributed by atoms with Crippen LogP contribution in [0.1, 0.15) is 45.9 Å². The van der Waals surface area contributed by atoms with Crippen molar-refractivity contribution in [2.75, 3.05) is 20.7 Å². The highest BCUT2D eigenvalue weighted by atomic mass is 28.4. The number of aromatic amines is 1. The highest BCUT2D eigenvalue weighted by molar-refractivity contribution is 6.99. The third-order valence-electron chi connectivity index (χ3n) is 7.82. The molecule has 1 aliphatic heterocycles. The van der Waals surface area contributed by atoms with Crippen LogP contribution >= 0.6 is 0 Å². The number of hydrogen-bond acceptors (Lipinski definition) is 5. The maximum absolute atomic E-state index is 12.8. The first-order valence-electron chi connectivity index (χ1n) is 12.8. The highest BCUT2D eigenvalue weighted by Gasteiger charge is 2.53. The van der Waals surface area contributed by atoms with Gasteiger partial charge in [-0.1, -0.05) is 81.4 Å². The van der Waals surface area contributed by atoms with Gasteiger partial charge < -0.3 is 9.16 Å². The maximum Gasteiger partial charge on any atom is 0.330 e. The van der Waals surface area contributed by atoms with E-state index >= 15 is 0 Å². The number of aromatic nitrogens is 2. The minimum absolute atomic E-state index is 0.147. The Morgan fingerprint density at radius 2 is 1.59 bits per heavy atom. The molecule has 1 aromatic heterocycles. The molecule has 7 nitrogen and oxygen atoms in total. The van der Waals surface area contributed by atoms with E-state index < -0.39 is 25.8 Å². The van der Waals surface area contributed by atoms with Crippen LogP contribution in [-0.2, 0) is 9.16 Å². The van der Waals surface area contributed by atoms with Gasteiger partial charge in [-0.3, -0.25) is 19.2 Å². The van der Waals surface area contributed by atoms with Crippen molar-refractivity contribution < 1.29 is 9.16 Å². The van der Waals surface area contributed by atoms with Crippen molar-refractivity contribution in [3.63, 3.8) is 0 Å². The molecule has 3 aromatic rings. The summed E-state index contributed by atoms with van der Waals surface area (Å²) in [5.74, 6) is 0. The molecule has 2 aromatic carbocycles. The fourth-order valence-corrected chi connectivity index (χ4v) is 10.1. The molecule has 0 radical (unpaired) electrons. The van der Waals surface area contributed by atoms with Gasteiger partial charge in [-0.25, -0.2) is 4.79 Å². The number of benzene rings is 2. The van der Waals surface area contributed by atoms with Crippen LogP contribution in [-0.4, -0.2) is 55.1 Å². The number of rotatable bonds is 7. The number of ether oxygens (including phenoxy) is 1. The van der Waals surface area contributed by atoms with Crippen LogP contribution in [0.25, 0.3) is 0 Å². The summed E-state index contributed by atoms with van der Waals surface area (Å²) in [6, 6.07) is 21.1. The van der Waals surface area contributed by atoms with Gasteiger partial charge in [0.1, 0.15) is 0 Å².